The van der Waals surface area contributed by atoms with Gasteiger partial charge in [0, 0.05) is 50.4 Å². The number of para-hydroxylation sites is 1. The zero-order valence-electron chi connectivity index (χ0n) is 36.8. The molecule has 0 radical (unpaired) electrons. The molecule has 14 heteroatoms. The van der Waals surface area contributed by atoms with E-state index in [1.54, 1.807) is 30.3 Å². The number of ketones is 2. The van der Waals surface area contributed by atoms with Crippen LogP contribution in [0.2, 0.25) is 10.0 Å². The van der Waals surface area contributed by atoms with Crippen LogP contribution in [0.1, 0.15) is 72.8 Å². The second-order valence-corrected chi connectivity index (χ2v) is 20.4. The van der Waals surface area contributed by atoms with Gasteiger partial charge in [-0.25, -0.2) is 0 Å². The van der Waals surface area contributed by atoms with Gasteiger partial charge in [0.05, 0.1) is 21.1 Å². The van der Waals surface area contributed by atoms with Gasteiger partial charge in [0.1, 0.15) is 11.5 Å². The van der Waals surface area contributed by atoms with E-state index in [-0.39, 0.29) is 30.2 Å². The predicted molar refractivity (Wildman–Crippen MR) is 265 cm³/mol. The Balaban J connectivity index is 0.757. The highest BCUT2D eigenvalue weighted by Crippen LogP contribution is 2.42. The van der Waals surface area contributed by atoms with E-state index in [1.165, 1.54) is 41.9 Å². The monoisotopic (exact) mass is 972 g/mol. The Bertz CT molecular complexity index is 2720. The van der Waals surface area contributed by atoms with Gasteiger partial charge in [0.2, 0.25) is 12.2 Å². The van der Waals surface area contributed by atoms with Gasteiger partial charge in [-0.2, -0.15) is 22.7 Å². The highest BCUT2D eigenvalue weighted by atomic mass is 35.5. The van der Waals surface area contributed by atoms with Gasteiger partial charge in [-0.1, -0.05) is 65.7 Å². The Morgan fingerprint density at radius 1 is 0.567 bits per heavy atom. The summed E-state index contributed by atoms with van der Waals surface area (Å²) in [6.45, 7) is 3.78. The lowest BCUT2D eigenvalue weighted by atomic mass is 9.76. The van der Waals surface area contributed by atoms with Crippen molar-refractivity contribution in [1.29, 1.82) is 0 Å². The minimum Gasteiger partial charge on any atom is -0.471 e. The number of anilines is 2. The number of ether oxygens (including phenoxy) is 2. The van der Waals surface area contributed by atoms with Gasteiger partial charge in [-0.3, -0.25) is 19.2 Å². The maximum absolute atomic E-state index is 14.0. The third kappa shape index (κ3) is 9.09. The van der Waals surface area contributed by atoms with Crippen LogP contribution in [0, 0.1) is 5.92 Å². The molecular weight excluding hydrogens is 924 g/mol. The highest BCUT2D eigenvalue weighted by Gasteiger charge is 2.50. The minimum atomic E-state index is -1.32. The summed E-state index contributed by atoms with van der Waals surface area (Å²) in [6.07, 6.45) is 3.84. The fraction of sp³-hybridized carbons (Fsp3) is 0.321. The van der Waals surface area contributed by atoms with E-state index in [1.807, 2.05) is 70.1 Å². The van der Waals surface area contributed by atoms with E-state index in [4.69, 9.17) is 32.7 Å². The van der Waals surface area contributed by atoms with Crippen LogP contribution in [0.4, 0.5) is 11.4 Å². The number of rotatable bonds is 12. The molecule has 10 nitrogen and oxygen atoms in total. The SMILES string of the molecule is O=C1CC(c2ccc(N3CCC(Cc4ccc(OC5C(=O)CC(c6ccc(N7CCCCC7)cc6)(c6ccsc6)NC5=O)c(Cl)c4)CC3)cc2)(c2ccsc2)NC(=O)C1Oc1ccccc1Cl. The number of carbonyl (C=O) groups excluding carboxylic acids is 4. The maximum Gasteiger partial charge on any atom is 0.269 e. The summed E-state index contributed by atoms with van der Waals surface area (Å²) in [5.41, 5.74) is 4.66. The van der Waals surface area contributed by atoms with Crippen LogP contribution in [-0.2, 0) is 36.7 Å². The molecule has 6 aromatic rings. The molecular formula is C53H50Cl2N4O6S2. The van der Waals surface area contributed by atoms with Crippen molar-refractivity contribution in [3.05, 3.63) is 163 Å². The maximum atomic E-state index is 14.0. The summed E-state index contributed by atoms with van der Waals surface area (Å²) in [6, 6.07) is 32.8. The largest absolute Gasteiger partial charge is 0.471 e. The molecule has 4 aliphatic heterocycles. The fourth-order valence-corrected chi connectivity index (χ4v) is 12.2. The lowest BCUT2D eigenvalue weighted by molar-refractivity contribution is -0.145. The van der Waals surface area contributed by atoms with Crippen molar-refractivity contribution in [1.82, 2.24) is 10.6 Å². The lowest BCUT2D eigenvalue weighted by Gasteiger charge is -2.40. The molecule has 0 spiro atoms. The molecule has 67 heavy (non-hydrogen) atoms. The van der Waals surface area contributed by atoms with Crippen molar-refractivity contribution < 1.29 is 28.7 Å². The van der Waals surface area contributed by atoms with Crippen LogP contribution in [-0.4, -0.2) is 61.8 Å². The fourth-order valence-electron chi connectivity index (χ4n) is 10.3. The van der Waals surface area contributed by atoms with Gasteiger partial charge in [-0.15, -0.1) is 0 Å². The van der Waals surface area contributed by atoms with Crippen molar-refractivity contribution in [3.63, 3.8) is 0 Å². The average Bonchev–Trinajstić information content (AvgIpc) is 4.11. The van der Waals surface area contributed by atoms with Crippen LogP contribution in [0.25, 0.3) is 0 Å². The summed E-state index contributed by atoms with van der Waals surface area (Å²) < 4.78 is 12.0. The number of nitrogens with zero attached hydrogens (tertiary/aromatic N) is 2. The second kappa shape index (κ2) is 19.1. The molecule has 0 bridgehead atoms. The van der Waals surface area contributed by atoms with Crippen LogP contribution in [0.5, 0.6) is 11.5 Å². The van der Waals surface area contributed by atoms with Crippen molar-refractivity contribution in [3.8, 4) is 11.5 Å². The minimum absolute atomic E-state index is 0.0333. The number of thiophene rings is 2. The standard InChI is InChI=1S/C53H50Cl2N4O6S2/c54-42-6-2-3-7-46(42)64-48-44(60)30-52(56-50(48)62,38-20-26-66-32-38)37-11-15-41(16-12-37)59-24-18-34(19-25-59)28-35-8-17-47(43(55)29-35)65-49-45(61)31-53(57-51(49)63,39-21-27-67-33-39)36-9-13-40(14-10-36)58-22-4-1-5-23-58/h2-3,6-17,20-21,26-27,29,32-34,48-49H,1,4-5,18-19,22-25,28,30-31H2,(H,56,62)(H,57,63). The number of benzene rings is 4. The quantitative estimate of drug-likeness (QED) is 0.117. The predicted octanol–water partition coefficient (Wildman–Crippen LogP) is 10.1. The van der Waals surface area contributed by atoms with Crippen molar-refractivity contribution >= 4 is 80.6 Å². The van der Waals surface area contributed by atoms with Gasteiger partial charge >= 0.3 is 0 Å². The molecule has 4 aliphatic rings. The molecule has 0 aliphatic carbocycles. The summed E-state index contributed by atoms with van der Waals surface area (Å²) in [4.78, 5) is 59.9. The Labute approximate surface area is 408 Å². The van der Waals surface area contributed by atoms with E-state index in [0.717, 1.165) is 84.6 Å². The first-order valence-corrected chi connectivity index (χ1v) is 25.5. The number of carbonyl (C=O) groups is 4. The summed E-state index contributed by atoms with van der Waals surface area (Å²) >= 11 is 16.1. The molecule has 4 atom stereocenters. The normalized spacial score (nSPS) is 23.7. The van der Waals surface area contributed by atoms with Crippen LogP contribution < -0.4 is 29.9 Å². The molecule has 4 unspecified atom stereocenters. The van der Waals surface area contributed by atoms with Crippen molar-refractivity contribution in [2.24, 2.45) is 5.92 Å². The average molecular weight is 974 g/mol. The van der Waals surface area contributed by atoms with Crippen LogP contribution >= 0.6 is 45.9 Å². The Morgan fingerprint density at radius 2 is 1.07 bits per heavy atom. The van der Waals surface area contributed by atoms with Gasteiger partial charge in [0.15, 0.2) is 11.6 Å². The third-order valence-electron chi connectivity index (χ3n) is 13.9. The molecule has 4 saturated heterocycles. The molecule has 0 saturated carbocycles. The van der Waals surface area contributed by atoms with E-state index in [9.17, 15) is 19.2 Å². The van der Waals surface area contributed by atoms with Gasteiger partial charge in [0.25, 0.3) is 11.8 Å². The van der Waals surface area contributed by atoms with Crippen molar-refractivity contribution in [2.75, 3.05) is 36.0 Å². The number of hydrogen-bond acceptors (Lipinski definition) is 10. The number of halogens is 2. The summed E-state index contributed by atoms with van der Waals surface area (Å²) in [5.74, 6) is -0.613. The van der Waals surface area contributed by atoms with E-state index >= 15 is 0 Å². The summed E-state index contributed by atoms with van der Waals surface area (Å²) in [7, 11) is 0. The second-order valence-electron chi connectivity index (χ2n) is 18.1. The van der Waals surface area contributed by atoms with Gasteiger partial charge < -0.3 is 29.9 Å². The zero-order chi connectivity index (χ0) is 46.1. The Morgan fingerprint density at radius 3 is 1.55 bits per heavy atom. The Hall–Kier alpha value is -5.66. The molecule has 2 N–H and O–H groups in total. The molecule has 344 valence electrons. The van der Waals surface area contributed by atoms with Crippen molar-refractivity contribution in [2.45, 2.75) is 74.7 Å². The summed E-state index contributed by atoms with van der Waals surface area (Å²) in [5, 5.41) is 14.9. The first-order chi connectivity index (χ1) is 32.6. The highest BCUT2D eigenvalue weighted by molar-refractivity contribution is 7.08. The number of Topliss-reactive ketones (excluding diaryl/α,β-unsaturated/α-hetero) is 2. The van der Waals surface area contributed by atoms with Crippen LogP contribution in [0.3, 0.4) is 0 Å². The first kappa shape index (κ1) is 45.1. The van der Waals surface area contributed by atoms with Crippen LogP contribution in [0.15, 0.2) is 125 Å². The van der Waals surface area contributed by atoms with E-state index < -0.39 is 35.1 Å². The van der Waals surface area contributed by atoms with Gasteiger partial charge in [-0.05, 0) is 154 Å². The first-order valence-electron chi connectivity index (χ1n) is 22.9. The number of hydrogen-bond donors (Lipinski definition) is 2. The van der Waals surface area contributed by atoms with E-state index in [2.05, 4.69) is 44.7 Å². The molecule has 6 heterocycles. The number of amides is 2. The molecule has 2 amide bonds. The Kier molecular flexibility index (Phi) is 12.9. The smallest absolute Gasteiger partial charge is 0.269 e. The molecule has 4 fully saturated rings. The zero-order valence-corrected chi connectivity index (χ0v) is 39.9. The number of nitrogens with one attached hydrogen (secondary N) is 2. The third-order valence-corrected chi connectivity index (χ3v) is 15.9. The number of piperidine rings is 4. The topological polar surface area (TPSA) is 117 Å². The lowest BCUT2D eigenvalue weighted by Crippen LogP contribution is -2.60. The molecule has 10 rings (SSSR count). The van der Waals surface area contributed by atoms with E-state index in [0.29, 0.717) is 21.7 Å². The molecule has 2 aromatic heterocycles. The molecule has 4 aromatic carbocycles.